The number of nitrogens with one attached hydrogen (secondary N) is 2. The van der Waals surface area contributed by atoms with E-state index >= 15 is 0 Å². The minimum Gasteiger partial charge on any atom is -0.367 e. The third-order valence-electron chi connectivity index (χ3n) is 6.85. The first-order chi connectivity index (χ1) is 15.6. The SMILES string of the molecule is CC(C)n1cc(-c2ccc3ncc(-c4cccc(NC5CCC6(CNC6)C5)n4)n3n2)cn1. The molecule has 4 aromatic heterocycles. The Hall–Kier alpha value is -3.26. The monoisotopic (exact) mass is 428 g/mol. The van der Waals surface area contributed by atoms with Crippen molar-refractivity contribution in [3.63, 3.8) is 0 Å². The van der Waals surface area contributed by atoms with Crippen molar-refractivity contribution < 1.29 is 0 Å². The minimum absolute atomic E-state index is 0.311. The Bertz CT molecular complexity index is 1270. The van der Waals surface area contributed by atoms with Gasteiger partial charge in [0.05, 0.1) is 23.8 Å². The zero-order valence-electron chi connectivity index (χ0n) is 18.5. The van der Waals surface area contributed by atoms with Crippen molar-refractivity contribution in [1.29, 1.82) is 0 Å². The molecule has 32 heavy (non-hydrogen) atoms. The summed E-state index contributed by atoms with van der Waals surface area (Å²) in [6.45, 7) is 6.54. The lowest BCUT2D eigenvalue weighted by molar-refractivity contribution is 0.176. The lowest BCUT2D eigenvalue weighted by Gasteiger charge is -2.39. The number of hydrogen-bond acceptors (Lipinski definition) is 6. The molecule has 1 spiro atoms. The van der Waals surface area contributed by atoms with Crippen LogP contribution in [0.1, 0.15) is 39.2 Å². The van der Waals surface area contributed by atoms with Gasteiger partial charge in [-0.05, 0) is 62.8 Å². The molecule has 0 radical (unpaired) electrons. The van der Waals surface area contributed by atoms with Crippen LogP contribution in [0.2, 0.25) is 0 Å². The van der Waals surface area contributed by atoms with Crippen LogP contribution >= 0.6 is 0 Å². The minimum atomic E-state index is 0.311. The lowest BCUT2D eigenvalue weighted by atomic mass is 9.80. The van der Waals surface area contributed by atoms with Gasteiger partial charge < -0.3 is 10.6 Å². The van der Waals surface area contributed by atoms with Crippen molar-refractivity contribution in [3.8, 4) is 22.6 Å². The van der Waals surface area contributed by atoms with Gasteiger partial charge in [-0.2, -0.15) is 10.2 Å². The standard InChI is InChI=1S/C24H28N8/c1-16(2)31-13-17(11-27-31)19-6-7-23-26-12-21(32(23)30-19)20-4-3-5-22(29-20)28-18-8-9-24(10-18)14-25-15-24/h3-7,11-13,16,18,25H,8-10,14-15H2,1-2H3,(H,28,29). The first-order valence-electron chi connectivity index (χ1n) is 11.4. The molecule has 1 aliphatic heterocycles. The van der Waals surface area contributed by atoms with E-state index in [0.717, 1.165) is 47.2 Å². The summed E-state index contributed by atoms with van der Waals surface area (Å²) in [6.07, 6.45) is 9.46. The van der Waals surface area contributed by atoms with Gasteiger partial charge >= 0.3 is 0 Å². The Balaban J connectivity index is 1.29. The highest BCUT2D eigenvalue weighted by atomic mass is 15.3. The number of rotatable bonds is 5. The molecule has 5 heterocycles. The molecule has 1 saturated carbocycles. The summed E-state index contributed by atoms with van der Waals surface area (Å²) in [6, 6.07) is 10.9. The van der Waals surface area contributed by atoms with Crippen molar-refractivity contribution in [2.24, 2.45) is 5.41 Å². The number of pyridine rings is 1. The highest BCUT2D eigenvalue weighted by molar-refractivity contribution is 5.64. The van der Waals surface area contributed by atoms with Crippen molar-refractivity contribution >= 4 is 11.5 Å². The van der Waals surface area contributed by atoms with E-state index in [4.69, 9.17) is 10.1 Å². The number of hydrogen-bond donors (Lipinski definition) is 2. The maximum absolute atomic E-state index is 4.91. The van der Waals surface area contributed by atoms with Crippen LogP contribution in [-0.2, 0) is 0 Å². The van der Waals surface area contributed by atoms with Crippen LogP contribution < -0.4 is 10.6 Å². The maximum atomic E-state index is 4.91. The molecule has 2 N–H and O–H groups in total. The molecule has 1 atom stereocenters. The summed E-state index contributed by atoms with van der Waals surface area (Å²) in [4.78, 5) is 9.45. The van der Waals surface area contributed by atoms with Crippen LogP contribution in [0, 0.1) is 5.41 Å². The number of nitrogens with zero attached hydrogens (tertiary/aromatic N) is 6. The van der Waals surface area contributed by atoms with Crippen molar-refractivity contribution in [2.45, 2.75) is 45.2 Å². The molecule has 8 heteroatoms. The molecule has 0 amide bonds. The molecule has 0 aromatic carbocycles. The molecule has 1 saturated heterocycles. The fourth-order valence-electron chi connectivity index (χ4n) is 4.95. The number of anilines is 1. The van der Waals surface area contributed by atoms with Gasteiger partial charge in [-0.25, -0.2) is 14.5 Å². The smallest absolute Gasteiger partial charge is 0.154 e. The Kier molecular flexibility index (Phi) is 4.50. The Morgan fingerprint density at radius 3 is 2.78 bits per heavy atom. The summed E-state index contributed by atoms with van der Waals surface area (Å²) < 4.78 is 3.82. The summed E-state index contributed by atoms with van der Waals surface area (Å²) >= 11 is 0. The zero-order valence-corrected chi connectivity index (χ0v) is 18.5. The van der Waals surface area contributed by atoms with E-state index in [1.165, 1.54) is 19.3 Å². The van der Waals surface area contributed by atoms with E-state index in [0.29, 0.717) is 17.5 Å². The molecule has 164 valence electrons. The van der Waals surface area contributed by atoms with Gasteiger partial charge in [-0.3, -0.25) is 4.68 Å². The Labute approximate surface area is 187 Å². The average molecular weight is 429 g/mol. The first kappa shape index (κ1) is 19.4. The molecule has 1 aliphatic carbocycles. The van der Waals surface area contributed by atoms with Crippen molar-refractivity contribution in [2.75, 3.05) is 18.4 Å². The second-order valence-corrected chi connectivity index (χ2v) is 9.53. The molecule has 0 bridgehead atoms. The third-order valence-corrected chi connectivity index (χ3v) is 6.85. The highest BCUT2D eigenvalue weighted by Gasteiger charge is 2.43. The van der Waals surface area contributed by atoms with Gasteiger partial charge in [0.2, 0.25) is 0 Å². The summed E-state index contributed by atoms with van der Waals surface area (Å²) in [5.41, 5.74) is 4.92. The van der Waals surface area contributed by atoms with Crippen molar-refractivity contribution in [1.82, 2.24) is 34.7 Å². The Morgan fingerprint density at radius 2 is 2.03 bits per heavy atom. The second kappa shape index (κ2) is 7.41. The lowest BCUT2D eigenvalue weighted by Crippen LogP contribution is -2.52. The predicted molar refractivity (Wildman–Crippen MR) is 124 cm³/mol. The van der Waals surface area contributed by atoms with Crippen LogP contribution in [0.5, 0.6) is 0 Å². The average Bonchev–Trinajstić information content (AvgIpc) is 3.51. The molecule has 8 nitrogen and oxygen atoms in total. The van der Waals surface area contributed by atoms with Gasteiger partial charge in [-0.15, -0.1) is 0 Å². The van der Waals surface area contributed by atoms with E-state index in [9.17, 15) is 0 Å². The molecule has 2 fully saturated rings. The van der Waals surface area contributed by atoms with Gasteiger partial charge in [0.1, 0.15) is 11.5 Å². The largest absolute Gasteiger partial charge is 0.367 e. The third kappa shape index (κ3) is 3.35. The van der Waals surface area contributed by atoms with E-state index in [1.807, 2.05) is 46.0 Å². The van der Waals surface area contributed by atoms with Crippen LogP contribution in [0.15, 0.2) is 48.9 Å². The van der Waals surface area contributed by atoms with Crippen LogP contribution in [0.25, 0.3) is 28.3 Å². The van der Waals surface area contributed by atoms with Crippen molar-refractivity contribution in [3.05, 3.63) is 48.9 Å². The number of aromatic nitrogens is 6. The number of fused-ring (bicyclic) bond motifs is 1. The van der Waals surface area contributed by atoms with Gasteiger partial charge in [0, 0.05) is 36.9 Å². The van der Waals surface area contributed by atoms with Crippen LogP contribution in [0.3, 0.4) is 0 Å². The molecule has 6 rings (SSSR count). The zero-order chi connectivity index (χ0) is 21.7. The highest BCUT2D eigenvalue weighted by Crippen LogP contribution is 2.42. The summed E-state index contributed by atoms with van der Waals surface area (Å²) in [7, 11) is 0. The van der Waals surface area contributed by atoms with E-state index < -0.39 is 0 Å². The fourth-order valence-corrected chi connectivity index (χ4v) is 4.95. The predicted octanol–water partition coefficient (Wildman–Crippen LogP) is 3.79. The Morgan fingerprint density at radius 1 is 1.12 bits per heavy atom. The molecule has 2 aliphatic rings. The van der Waals surface area contributed by atoms with Crippen LogP contribution in [-0.4, -0.2) is 48.5 Å². The first-order valence-corrected chi connectivity index (χ1v) is 11.4. The van der Waals surface area contributed by atoms with E-state index in [2.05, 4.69) is 46.7 Å². The van der Waals surface area contributed by atoms with Crippen LogP contribution in [0.4, 0.5) is 5.82 Å². The van der Waals surface area contributed by atoms with Gasteiger partial charge in [0.15, 0.2) is 5.65 Å². The van der Waals surface area contributed by atoms with Gasteiger partial charge in [0.25, 0.3) is 0 Å². The topological polar surface area (TPSA) is 85.0 Å². The van der Waals surface area contributed by atoms with E-state index in [1.54, 1.807) is 0 Å². The maximum Gasteiger partial charge on any atom is 0.154 e. The molecular formula is C24H28N8. The summed E-state index contributed by atoms with van der Waals surface area (Å²) in [5.74, 6) is 0.918. The fraction of sp³-hybridized carbons (Fsp3) is 0.417. The quantitative estimate of drug-likeness (QED) is 0.503. The normalized spacial score (nSPS) is 19.7. The second-order valence-electron chi connectivity index (χ2n) is 9.53. The number of imidazole rings is 1. The van der Waals surface area contributed by atoms with E-state index in [-0.39, 0.29) is 0 Å². The molecule has 1 unspecified atom stereocenters. The summed E-state index contributed by atoms with van der Waals surface area (Å²) in [5, 5.41) is 16.4. The van der Waals surface area contributed by atoms with Gasteiger partial charge in [-0.1, -0.05) is 6.07 Å². The molecule has 4 aromatic rings. The molecular weight excluding hydrogens is 400 g/mol.